The van der Waals surface area contributed by atoms with Crippen molar-refractivity contribution in [2.75, 3.05) is 39.8 Å². The summed E-state index contributed by atoms with van der Waals surface area (Å²) in [5.74, 6) is 1.70. The molecule has 3 rings (SSSR count). The molecule has 0 saturated carbocycles. The van der Waals surface area contributed by atoms with Crippen molar-refractivity contribution in [2.45, 2.75) is 44.6 Å². The van der Waals surface area contributed by atoms with E-state index in [1.54, 1.807) is 0 Å². The smallest absolute Gasteiger partial charge is 0.222 e. The van der Waals surface area contributed by atoms with Crippen LogP contribution in [0.1, 0.15) is 38.5 Å². The summed E-state index contributed by atoms with van der Waals surface area (Å²) >= 11 is 0. The maximum atomic E-state index is 12.5. The summed E-state index contributed by atoms with van der Waals surface area (Å²) in [6.07, 6.45) is 7.00. The Labute approximate surface area is 122 Å². The van der Waals surface area contributed by atoms with Crippen molar-refractivity contribution in [1.29, 1.82) is 0 Å². The Hall–Kier alpha value is -0.610. The van der Waals surface area contributed by atoms with Crippen molar-refractivity contribution in [2.24, 2.45) is 11.8 Å². The van der Waals surface area contributed by atoms with E-state index in [0.717, 1.165) is 44.6 Å². The predicted octanol–water partition coefficient (Wildman–Crippen LogP) is 1.32. The molecule has 1 N–H and O–H groups in total. The molecule has 3 aliphatic heterocycles. The van der Waals surface area contributed by atoms with Gasteiger partial charge in [-0.05, 0) is 70.6 Å². The van der Waals surface area contributed by atoms with Gasteiger partial charge < -0.3 is 15.1 Å². The zero-order valence-electron chi connectivity index (χ0n) is 12.8. The fourth-order valence-electron chi connectivity index (χ4n) is 4.35. The zero-order chi connectivity index (χ0) is 13.9. The highest BCUT2D eigenvalue weighted by atomic mass is 16.2. The molecule has 3 aliphatic rings. The van der Waals surface area contributed by atoms with Gasteiger partial charge in [0.25, 0.3) is 0 Å². The lowest BCUT2D eigenvalue weighted by atomic mass is 9.84. The summed E-state index contributed by atoms with van der Waals surface area (Å²) in [5, 5.41) is 3.42. The molecule has 3 heterocycles. The largest absolute Gasteiger partial charge is 0.342 e. The van der Waals surface area contributed by atoms with Crippen LogP contribution in [0.5, 0.6) is 0 Å². The number of hydrogen-bond acceptors (Lipinski definition) is 3. The number of fused-ring (bicyclic) bond motifs is 1. The Kier molecular flexibility index (Phi) is 4.61. The number of amides is 1. The SMILES string of the molecule is CN1CCCC2CN(C(=O)CC3CCCNC3)CCC21. The molecule has 3 saturated heterocycles. The number of nitrogens with zero attached hydrogens (tertiary/aromatic N) is 2. The first kappa shape index (κ1) is 14.3. The van der Waals surface area contributed by atoms with Crippen molar-refractivity contribution >= 4 is 5.91 Å². The number of piperidine rings is 3. The standard InChI is InChI=1S/C16H29N3O/c1-18-8-3-5-14-12-19(9-6-15(14)18)16(20)10-13-4-2-7-17-11-13/h13-15,17H,2-12H2,1H3. The summed E-state index contributed by atoms with van der Waals surface area (Å²) in [4.78, 5) is 17.2. The molecule has 20 heavy (non-hydrogen) atoms. The second kappa shape index (κ2) is 6.44. The van der Waals surface area contributed by atoms with E-state index in [4.69, 9.17) is 0 Å². The van der Waals surface area contributed by atoms with Crippen molar-refractivity contribution in [3.05, 3.63) is 0 Å². The summed E-state index contributed by atoms with van der Waals surface area (Å²) in [6.45, 7) is 5.39. The topological polar surface area (TPSA) is 35.6 Å². The average molecular weight is 279 g/mol. The number of likely N-dealkylation sites (tertiary alicyclic amines) is 2. The van der Waals surface area contributed by atoms with Crippen molar-refractivity contribution < 1.29 is 4.79 Å². The minimum atomic E-state index is 0.408. The molecule has 0 radical (unpaired) electrons. The van der Waals surface area contributed by atoms with E-state index >= 15 is 0 Å². The molecule has 4 heteroatoms. The van der Waals surface area contributed by atoms with Gasteiger partial charge in [0.1, 0.15) is 0 Å². The molecule has 0 spiro atoms. The van der Waals surface area contributed by atoms with Crippen LogP contribution in [0.3, 0.4) is 0 Å². The number of rotatable bonds is 2. The minimum Gasteiger partial charge on any atom is -0.342 e. The molecule has 0 aromatic carbocycles. The summed E-state index contributed by atoms with van der Waals surface area (Å²) in [6, 6.07) is 0.726. The average Bonchev–Trinajstić information content (AvgIpc) is 2.48. The molecule has 114 valence electrons. The lowest BCUT2D eigenvalue weighted by Gasteiger charge is -2.46. The molecule has 4 nitrogen and oxygen atoms in total. The highest BCUT2D eigenvalue weighted by Gasteiger charge is 2.36. The van der Waals surface area contributed by atoms with Crippen LogP contribution < -0.4 is 5.32 Å². The van der Waals surface area contributed by atoms with Gasteiger partial charge in [-0.25, -0.2) is 0 Å². The normalized spacial score (nSPS) is 35.6. The summed E-state index contributed by atoms with van der Waals surface area (Å²) in [7, 11) is 2.25. The Morgan fingerprint density at radius 1 is 1.20 bits per heavy atom. The summed E-state index contributed by atoms with van der Waals surface area (Å²) < 4.78 is 0. The van der Waals surface area contributed by atoms with Crippen LogP contribution in [0, 0.1) is 11.8 Å². The fourth-order valence-corrected chi connectivity index (χ4v) is 4.35. The Morgan fingerprint density at radius 3 is 2.90 bits per heavy atom. The van der Waals surface area contributed by atoms with Gasteiger partial charge >= 0.3 is 0 Å². The van der Waals surface area contributed by atoms with E-state index in [2.05, 4.69) is 22.2 Å². The lowest BCUT2D eigenvalue weighted by molar-refractivity contribution is -0.135. The van der Waals surface area contributed by atoms with Gasteiger partial charge in [0, 0.05) is 25.6 Å². The first-order valence-electron chi connectivity index (χ1n) is 8.43. The first-order chi connectivity index (χ1) is 9.74. The Bertz CT molecular complexity index is 341. The predicted molar refractivity (Wildman–Crippen MR) is 80.5 cm³/mol. The van der Waals surface area contributed by atoms with Gasteiger partial charge in [0.15, 0.2) is 0 Å². The van der Waals surface area contributed by atoms with Crippen LogP contribution in [0.2, 0.25) is 0 Å². The summed E-state index contributed by atoms with van der Waals surface area (Å²) in [5.41, 5.74) is 0. The number of nitrogens with one attached hydrogen (secondary N) is 1. The van der Waals surface area contributed by atoms with Gasteiger partial charge in [-0.3, -0.25) is 4.79 Å². The molecule has 3 fully saturated rings. The maximum Gasteiger partial charge on any atom is 0.222 e. The number of carbonyl (C=O) groups excluding carboxylic acids is 1. The highest BCUT2D eigenvalue weighted by Crippen LogP contribution is 2.30. The van der Waals surface area contributed by atoms with Crippen LogP contribution in [0.4, 0.5) is 0 Å². The van der Waals surface area contributed by atoms with Gasteiger partial charge in [0.05, 0.1) is 0 Å². The van der Waals surface area contributed by atoms with E-state index in [1.807, 2.05) is 0 Å². The number of hydrogen-bond donors (Lipinski definition) is 1. The molecule has 0 aromatic rings. The van der Waals surface area contributed by atoms with E-state index in [9.17, 15) is 4.79 Å². The van der Waals surface area contributed by atoms with E-state index in [-0.39, 0.29) is 0 Å². The molecule has 0 aliphatic carbocycles. The monoisotopic (exact) mass is 279 g/mol. The second-order valence-corrected chi connectivity index (χ2v) is 7.00. The third-order valence-corrected chi connectivity index (χ3v) is 5.56. The van der Waals surface area contributed by atoms with Gasteiger partial charge in [0.2, 0.25) is 5.91 Å². The molecule has 1 amide bonds. The third-order valence-electron chi connectivity index (χ3n) is 5.56. The maximum absolute atomic E-state index is 12.5. The highest BCUT2D eigenvalue weighted by molar-refractivity contribution is 5.76. The molecular formula is C16H29N3O. The Balaban J connectivity index is 1.51. The Morgan fingerprint density at radius 2 is 2.10 bits per heavy atom. The van der Waals surface area contributed by atoms with Crippen LogP contribution in [0.25, 0.3) is 0 Å². The molecule has 3 unspecified atom stereocenters. The first-order valence-corrected chi connectivity index (χ1v) is 8.43. The van der Waals surface area contributed by atoms with Gasteiger partial charge in [-0.1, -0.05) is 0 Å². The molecule has 3 atom stereocenters. The molecule has 0 aromatic heterocycles. The third kappa shape index (κ3) is 3.17. The van der Waals surface area contributed by atoms with Gasteiger partial charge in [-0.15, -0.1) is 0 Å². The molecular weight excluding hydrogens is 250 g/mol. The van der Waals surface area contributed by atoms with Crippen molar-refractivity contribution in [3.63, 3.8) is 0 Å². The lowest BCUT2D eigenvalue weighted by Crippen LogP contribution is -2.54. The zero-order valence-corrected chi connectivity index (χ0v) is 12.8. The van der Waals surface area contributed by atoms with E-state index in [0.29, 0.717) is 11.8 Å². The van der Waals surface area contributed by atoms with Crippen LogP contribution in [-0.4, -0.2) is 61.5 Å². The van der Waals surface area contributed by atoms with Crippen molar-refractivity contribution in [3.8, 4) is 0 Å². The minimum absolute atomic E-state index is 0.408. The van der Waals surface area contributed by atoms with Crippen LogP contribution in [-0.2, 0) is 4.79 Å². The van der Waals surface area contributed by atoms with Gasteiger partial charge in [-0.2, -0.15) is 0 Å². The van der Waals surface area contributed by atoms with Crippen LogP contribution in [0.15, 0.2) is 0 Å². The quantitative estimate of drug-likeness (QED) is 0.828. The van der Waals surface area contributed by atoms with E-state index in [1.165, 1.54) is 38.6 Å². The number of carbonyl (C=O) groups is 1. The second-order valence-electron chi connectivity index (χ2n) is 7.00. The van der Waals surface area contributed by atoms with Crippen LogP contribution >= 0.6 is 0 Å². The van der Waals surface area contributed by atoms with Crippen molar-refractivity contribution in [1.82, 2.24) is 15.1 Å². The van der Waals surface area contributed by atoms with E-state index < -0.39 is 0 Å². The fraction of sp³-hybridized carbons (Fsp3) is 0.938. The molecule has 0 bridgehead atoms.